The predicted octanol–water partition coefficient (Wildman–Crippen LogP) is 5.38. The van der Waals surface area contributed by atoms with E-state index in [1.807, 2.05) is 84.9 Å². The van der Waals surface area contributed by atoms with Crippen molar-refractivity contribution in [2.24, 2.45) is 0 Å². The van der Waals surface area contributed by atoms with Crippen LogP contribution in [-0.2, 0) is 13.2 Å². The molecule has 158 valence electrons. The second kappa shape index (κ2) is 9.67. The number of pyridine rings is 1. The number of H-pyrrole nitrogens is 1. The molecule has 0 saturated carbocycles. The number of ether oxygens (including phenoxy) is 2. The maximum atomic E-state index is 12.4. The smallest absolute Gasteiger partial charge is 0.266 e. The Hall–Kier alpha value is -4.30. The third kappa shape index (κ3) is 4.88. The van der Waals surface area contributed by atoms with Crippen LogP contribution < -0.4 is 15.0 Å². The van der Waals surface area contributed by atoms with Gasteiger partial charge in [0.2, 0.25) is 0 Å². The van der Waals surface area contributed by atoms with Crippen molar-refractivity contribution in [1.29, 1.82) is 5.26 Å². The second-order valence-corrected chi connectivity index (χ2v) is 7.39. The summed E-state index contributed by atoms with van der Waals surface area (Å²) in [6, 6.07) is 29.0. The average molecular weight is 422 g/mol. The number of nitrogens with zero attached hydrogens (tertiary/aromatic N) is 1. The van der Waals surface area contributed by atoms with Crippen LogP contribution in [0.4, 0.5) is 0 Å². The normalized spacial score (nSPS) is 10.4. The monoisotopic (exact) mass is 422 g/mol. The third-order valence-corrected chi connectivity index (χ3v) is 5.01. The molecule has 1 aromatic heterocycles. The highest BCUT2D eigenvalue weighted by Crippen LogP contribution is 2.35. The van der Waals surface area contributed by atoms with Gasteiger partial charge in [0, 0.05) is 16.8 Å². The summed E-state index contributed by atoms with van der Waals surface area (Å²) in [5, 5.41) is 9.63. The van der Waals surface area contributed by atoms with E-state index in [9.17, 15) is 10.1 Å². The molecular weight excluding hydrogens is 400 g/mol. The summed E-state index contributed by atoms with van der Waals surface area (Å²) < 4.78 is 12.1. The van der Waals surface area contributed by atoms with Gasteiger partial charge in [-0.05, 0) is 42.3 Å². The fourth-order valence-corrected chi connectivity index (χ4v) is 3.42. The number of nitrogens with one attached hydrogen (secondary N) is 1. The molecule has 0 atom stereocenters. The molecule has 0 radical (unpaired) electrons. The van der Waals surface area contributed by atoms with E-state index in [4.69, 9.17) is 9.47 Å². The van der Waals surface area contributed by atoms with Gasteiger partial charge in [0.15, 0.2) is 0 Å². The van der Waals surface area contributed by atoms with Crippen LogP contribution in [0.15, 0.2) is 89.7 Å². The summed E-state index contributed by atoms with van der Waals surface area (Å²) in [5.41, 5.74) is 3.49. The van der Waals surface area contributed by atoms with Gasteiger partial charge in [-0.1, -0.05) is 60.7 Å². The summed E-state index contributed by atoms with van der Waals surface area (Å²) >= 11 is 0. The molecule has 5 heteroatoms. The van der Waals surface area contributed by atoms with E-state index in [0.29, 0.717) is 41.5 Å². The lowest BCUT2D eigenvalue weighted by atomic mass is 9.99. The first kappa shape index (κ1) is 21.0. The molecule has 1 N–H and O–H groups in total. The number of nitriles is 1. The molecule has 0 saturated heterocycles. The summed E-state index contributed by atoms with van der Waals surface area (Å²) in [7, 11) is 0. The summed E-state index contributed by atoms with van der Waals surface area (Å²) in [5.74, 6) is 1.19. The summed E-state index contributed by atoms with van der Waals surface area (Å²) in [6.45, 7) is 2.55. The molecule has 0 bridgehead atoms. The molecule has 0 fully saturated rings. The summed E-state index contributed by atoms with van der Waals surface area (Å²) in [4.78, 5) is 15.1. The third-order valence-electron chi connectivity index (χ3n) is 5.01. The first-order valence-electron chi connectivity index (χ1n) is 10.3. The quantitative estimate of drug-likeness (QED) is 0.434. The van der Waals surface area contributed by atoms with Gasteiger partial charge in [0.05, 0.1) is 0 Å². The van der Waals surface area contributed by atoms with Gasteiger partial charge in [-0.15, -0.1) is 0 Å². The van der Waals surface area contributed by atoms with E-state index in [-0.39, 0.29) is 5.56 Å². The molecule has 0 unspecified atom stereocenters. The minimum atomic E-state index is -0.424. The summed E-state index contributed by atoms with van der Waals surface area (Å²) in [6.07, 6.45) is 0. The number of rotatable bonds is 7. The Kier molecular flexibility index (Phi) is 6.33. The van der Waals surface area contributed by atoms with Crippen molar-refractivity contribution >= 4 is 0 Å². The lowest BCUT2D eigenvalue weighted by Gasteiger charge is -2.15. The van der Waals surface area contributed by atoms with Crippen LogP contribution in [-0.4, -0.2) is 4.98 Å². The number of hydrogen-bond acceptors (Lipinski definition) is 4. The van der Waals surface area contributed by atoms with Crippen LogP contribution in [0.2, 0.25) is 0 Å². The Balaban J connectivity index is 1.71. The first-order chi connectivity index (χ1) is 15.6. The molecule has 4 aromatic rings. The minimum absolute atomic E-state index is 0.0420. The SMILES string of the molecule is Cc1cc(-c2cc(OCc3ccccc3)ccc2OCc2ccccc2)c(C#N)c(=O)[nH]1. The molecule has 4 rings (SSSR count). The van der Waals surface area contributed by atoms with E-state index in [0.717, 1.165) is 11.1 Å². The average Bonchev–Trinajstić information content (AvgIpc) is 2.82. The van der Waals surface area contributed by atoms with Crippen molar-refractivity contribution in [2.75, 3.05) is 0 Å². The number of aromatic nitrogens is 1. The van der Waals surface area contributed by atoms with Crippen LogP contribution >= 0.6 is 0 Å². The zero-order valence-electron chi connectivity index (χ0n) is 17.7. The van der Waals surface area contributed by atoms with Crippen LogP contribution in [0.3, 0.4) is 0 Å². The van der Waals surface area contributed by atoms with E-state index >= 15 is 0 Å². The largest absolute Gasteiger partial charge is 0.489 e. The van der Waals surface area contributed by atoms with Crippen LogP contribution in [0.1, 0.15) is 22.4 Å². The molecule has 32 heavy (non-hydrogen) atoms. The molecule has 3 aromatic carbocycles. The number of benzene rings is 3. The Morgan fingerprint density at radius 1 is 0.812 bits per heavy atom. The van der Waals surface area contributed by atoms with Gasteiger partial charge >= 0.3 is 0 Å². The molecule has 0 aliphatic heterocycles. The van der Waals surface area contributed by atoms with E-state index in [2.05, 4.69) is 4.98 Å². The van der Waals surface area contributed by atoms with Gasteiger partial charge in [0.25, 0.3) is 5.56 Å². The zero-order chi connectivity index (χ0) is 22.3. The molecule has 0 aliphatic rings. The van der Waals surface area contributed by atoms with E-state index in [1.165, 1.54) is 0 Å². The Morgan fingerprint density at radius 3 is 2.06 bits per heavy atom. The Labute approximate surface area is 186 Å². The van der Waals surface area contributed by atoms with E-state index in [1.54, 1.807) is 13.0 Å². The molecule has 1 heterocycles. The van der Waals surface area contributed by atoms with Crippen molar-refractivity contribution in [3.63, 3.8) is 0 Å². The molecule has 5 nitrogen and oxygen atoms in total. The van der Waals surface area contributed by atoms with Crippen LogP contribution in [0.25, 0.3) is 11.1 Å². The Morgan fingerprint density at radius 2 is 1.44 bits per heavy atom. The van der Waals surface area contributed by atoms with Gasteiger partial charge in [-0.2, -0.15) is 5.26 Å². The standard InChI is InChI=1S/C27H22N2O3/c1-19-14-23(25(16-28)27(30)29-19)24-15-22(31-17-20-8-4-2-5-9-20)12-13-26(24)32-18-21-10-6-3-7-11-21/h2-15H,17-18H2,1H3,(H,29,30). The fraction of sp³-hybridized carbons (Fsp3) is 0.111. The number of hydrogen-bond donors (Lipinski definition) is 1. The maximum absolute atomic E-state index is 12.4. The molecule has 0 spiro atoms. The molecule has 0 aliphatic carbocycles. The van der Waals surface area contributed by atoms with Crippen LogP contribution in [0.5, 0.6) is 11.5 Å². The van der Waals surface area contributed by atoms with Crippen molar-refractivity contribution in [3.05, 3.63) is 118 Å². The molecular formula is C27H22N2O3. The number of aromatic amines is 1. The first-order valence-corrected chi connectivity index (χ1v) is 10.3. The topological polar surface area (TPSA) is 75.1 Å². The van der Waals surface area contributed by atoms with Gasteiger partial charge < -0.3 is 14.5 Å². The Bertz CT molecular complexity index is 1310. The van der Waals surface area contributed by atoms with Crippen molar-refractivity contribution in [1.82, 2.24) is 4.98 Å². The maximum Gasteiger partial charge on any atom is 0.266 e. The highest BCUT2D eigenvalue weighted by atomic mass is 16.5. The highest BCUT2D eigenvalue weighted by Gasteiger charge is 2.16. The predicted molar refractivity (Wildman–Crippen MR) is 123 cm³/mol. The zero-order valence-corrected chi connectivity index (χ0v) is 17.7. The molecule has 0 amide bonds. The highest BCUT2D eigenvalue weighted by molar-refractivity contribution is 5.76. The fourth-order valence-electron chi connectivity index (χ4n) is 3.42. The van der Waals surface area contributed by atoms with Gasteiger partial charge in [0.1, 0.15) is 36.3 Å². The minimum Gasteiger partial charge on any atom is -0.489 e. The lowest BCUT2D eigenvalue weighted by Crippen LogP contribution is -2.13. The second-order valence-electron chi connectivity index (χ2n) is 7.39. The lowest BCUT2D eigenvalue weighted by molar-refractivity contribution is 0.298. The van der Waals surface area contributed by atoms with Crippen molar-refractivity contribution < 1.29 is 9.47 Å². The van der Waals surface area contributed by atoms with Crippen molar-refractivity contribution in [3.8, 4) is 28.7 Å². The van der Waals surface area contributed by atoms with Gasteiger partial charge in [-0.3, -0.25) is 4.79 Å². The van der Waals surface area contributed by atoms with Gasteiger partial charge in [-0.25, -0.2) is 0 Å². The van der Waals surface area contributed by atoms with Crippen LogP contribution in [0, 0.1) is 18.3 Å². The van der Waals surface area contributed by atoms with Crippen molar-refractivity contribution in [2.45, 2.75) is 20.1 Å². The number of aryl methyl sites for hydroxylation is 1. The van der Waals surface area contributed by atoms with E-state index < -0.39 is 5.56 Å².